The summed E-state index contributed by atoms with van der Waals surface area (Å²) < 4.78 is 209. The highest BCUT2D eigenvalue weighted by Gasteiger charge is 2.46. The molecule has 0 saturated heterocycles. The molecular weight excluding hydrogens is 266 g/mol. The molecule has 2 heteroatoms. The Morgan fingerprint density at radius 3 is 2.75 bits per heavy atom. The lowest BCUT2D eigenvalue weighted by Crippen LogP contribution is -2.52. The van der Waals surface area contributed by atoms with Crippen molar-refractivity contribution in [1.29, 1.82) is 0 Å². The van der Waals surface area contributed by atoms with Crippen LogP contribution in [0.1, 0.15) is 85.5 Å². The summed E-state index contributed by atoms with van der Waals surface area (Å²) >= 11 is 5.83. The Morgan fingerprint density at radius 1 is 1.50 bits per heavy atom. The number of benzene rings is 1. The molecule has 2 unspecified atom stereocenters. The third kappa shape index (κ3) is 3.04. The molecule has 1 aromatic carbocycles. The van der Waals surface area contributed by atoms with E-state index >= 15 is 0 Å². The number of hydrogen-bond donors (Lipinski definition) is 0. The van der Waals surface area contributed by atoms with E-state index in [9.17, 15) is 1.37 Å². The molecule has 0 N–H and O–H groups in total. The molecule has 0 bridgehead atoms. The molecule has 1 aromatic rings. The van der Waals surface area contributed by atoms with E-state index in [1.54, 1.807) is 0 Å². The quantitative estimate of drug-likeness (QED) is 0.703. The van der Waals surface area contributed by atoms with Gasteiger partial charge in [-0.25, -0.2) is 0 Å². The molecule has 0 radical (unpaired) electrons. The monoisotopic (exact) mass is 318 g/mol. The molecule has 112 valence electrons. The Bertz CT molecular complexity index is 1270. The van der Waals surface area contributed by atoms with Crippen molar-refractivity contribution >= 4 is 11.6 Å². The highest BCUT2D eigenvalue weighted by Crippen LogP contribution is 2.49. The van der Waals surface area contributed by atoms with Crippen molar-refractivity contribution in [1.82, 2.24) is 4.90 Å². The summed E-state index contributed by atoms with van der Waals surface area (Å²) in [7, 11) is 0. The van der Waals surface area contributed by atoms with Crippen molar-refractivity contribution in [3.63, 3.8) is 0 Å². The van der Waals surface area contributed by atoms with Crippen molar-refractivity contribution in [2.75, 3.05) is 14.0 Å². The van der Waals surface area contributed by atoms with E-state index in [0.29, 0.717) is 0 Å². The molecule has 2 atom stereocenters. The summed E-state index contributed by atoms with van der Waals surface area (Å²) in [6.45, 7) is -12.9. The van der Waals surface area contributed by atoms with Gasteiger partial charge < -0.3 is 4.90 Å². The molecule has 20 heavy (non-hydrogen) atoms. The first-order valence-corrected chi connectivity index (χ1v) is 5.74. The van der Waals surface area contributed by atoms with Crippen LogP contribution in [0.3, 0.4) is 0 Å². The Hall–Kier alpha value is -0.530. The van der Waals surface area contributed by atoms with Crippen LogP contribution in [-0.2, 0) is 5.41 Å². The Kier molecular flexibility index (Phi) is 1.04. The van der Waals surface area contributed by atoms with Gasteiger partial charge in [-0.2, -0.15) is 0 Å². The molecule has 0 spiro atoms. The fourth-order valence-electron chi connectivity index (χ4n) is 1.53. The largest absolute Gasteiger partial charge is 0.306 e. The minimum absolute atomic E-state index is 0.285. The van der Waals surface area contributed by atoms with Gasteiger partial charge in [0.15, 0.2) is 0 Å². The third-order valence-electron chi connectivity index (χ3n) is 2.54. The summed E-state index contributed by atoms with van der Waals surface area (Å²) in [5.41, 5.74) is -6.37. The average molecular weight is 319 g/mol. The molecule has 0 heterocycles. The Morgan fingerprint density at radius 2 is 2.20 bits per heavy atom. The van der Waals surface area contributed by atoms with Gasteiger partial charge in [0.25, 0.3) is 0 Å². The van der Waals surface area contributed by atoms with Crippen LogP contribution in [0.5, 0.6) is 0 Å². The minimum Gasteiger partial charge on any atom is -0.306 e. The van der Waals surface area contributed by atoms with Crippen molar-refractivity contribution in [3.05, 3.63) is 34.8 Å². The number of likely N-dealkylation sites (N-methyl/N-ethyl adjacent to an activating group) is 1. The van der Waals surface area contributed by atoms with Crippen LogP contribution in [-0.4, -0.2) is 24.9 Å². The predicted molar refractivity (Wildman–Crippen MR) is 88.5 cm³/mol. The lowest BCUT2D eigenvalue weighted by atomic mass is 9.58. The van der Waals surface area contributed by atoms with Gasteiger partial charge in [-0.1, -0.05) is 50.2 Å². The maximum Gasteiger partial charge on any atom is 0.0639 e. The highest BCUT2D eigenvalue weighted by atomic mass is 35.5. The van der Waals surface area contributed by atoms with Gasteiger partial charge in [0, 0.05) is 45.2 Å². The van der Waals surface area contributed by atoms with Crippen molar-refractivity contribution in [3.8, 4) is 0 Å². The number of halogens is 1. The predicted octanol–water partition coefficient (Wildman–Crippen LogP) is 5.13. The topological polar surface area (TPSA) is 3.24 Å². The molecule has 0 amide bonds. The van der Waals surface area contributed by atoms with Gasteiger partial charge in [-0.05, 0) is 56.6 Å². The van der Waals surface area contributed by atoms with Crippen molar-refractivity contribution < 1.29 is 34.3 Å². The van der Waals surface area contributed by atoms with Gasteiger partial charge >= 0.3 is 0 Å². The SMILES string of the molecule is [2H]c1c([2H])c(C2(C([2H])(N(C([2H])([2H])[2H])C([2H])([2H])[2H])C([2H])([2H])C([2H])(C([2H])([2H])[2H])C([2H])([2H])C)C([2H])([2H])C([2H])([2H])C2([2H])[2H])c([2H])c([2H])c1Cl. The van der Waals surface area contributed by atoms with Gasteiger partial charge in [0.2, 0.25) is 0 Å². The standard InChI is InChI=1S/C18H28ClN/c1-5-14(2)13-17(20(3)4)18(11-6-12-18)15-7-9-16(19)10-8-15/h7-10,14,17H,5-6,11-13H2,1-4H3/i2D3,3D3,4D3,5D2,6D2,7D,8D,9D,10D,11D2,12D2,13D2,14D,17D. The van der Waals surface area contributed by atoms with Gasteiger partial charge in [0.05, 0.1) is 5.48 Å². The second-order valence-electron chi connectivity index (χ2n) is 3.75. The van der Waals surface area contributed by atoms with E-state index < -0.39 is 110 Å². The second kappa shape index (κ2) is 6.49. The van der Waals surface area contributed by atoms with E-state index in [-0.39, 0.29) is 6.92 Å². The van der Waals surface area contributed by atoms with Gasteiger partial charge in [-0.15, -0.1) is 0 Å². The number of nitrogens with zero attached hydrogens (tertiary/aromatic N) is 1. The van der Waals surface area contributed by atoms with Crippen LogP contribution in [0.15, 0.2) is 24.2 Å². The highest BCUT2D eigenvalue weighted by molar-refractivity contribution is 6.30. The fourth-order valence-corrected chi connectivity index (χ4v) is 1.63. The van der Waals surface area contributed by atoms with Crippen LogP contribution in [0.4, 0.5) is 0 Å². The minimum atomic E-state index is -5.08. The summed E-state index contributed by atoms with van der Waals surface area (Å²) in [4.78, 5) is -1.18. The Labute approximate surface area is 164 Å². The van der Waals surface area contributed by atoms with Crippen LogP contribution < -0.4 is 0 Å². The number of rotatable bonds is 6. The summed E-state index contributed by atoms with van der Waals surface area (Å²) in [6, 6.07) is -11.0. The summed E-state index contributed by atoms with van der Waals surface area (Å²) in [6.07, 6.45) is -21.4. The van der Waals surface area contributed by atoms with E-state index in [4.69, 9.17) is 44.5 Å². The molecule has 2 rings (SSSR count). The van der Waals surface area contributed by atoms with Crippen LogP contribution in [0.2, 0.25) is 5.02 Å². The third-order valence-corrected chi connectivity index (χ3v) is 2.73. The maximum atomic E-state index is 9.55. The normalized spacial score (nSPS) is 52.9. The zero-order valence-corrected chi connectivity index (χ0v) is 11.1. The second-order valence-corrected chi connectivity index (χ2v) is 4.13. The van der Waals surface area contributed by atoms with Gasteiger partial charge in [-0.3, -0.25) is 0 Å². The smallest absolute Gasteiger partial charge is 0.0639 e. The molecule has 1 aliphatic carbocycles. The zero-order chi connectivity index (χ0) is 36.5. The first kappa shape index (κ1) is 3.21. The molecule has 1 aliphatic rings. The van der Waals surface area contributed by atoms with Crippen LogP contribution in [0, 0.1) is 5.89 Å². The lowest BCUT2D eigenvalue weighted by Gasteiger charge is -2.51. The molecule has 1 fully saturated rings. The molecule has 1 nitrogen and oxygen atoms in total. The zero-order valence-electron chi connectivity index (χ0n) is 35.3. The molecule has 1 saturated carbocycles. The summed E-state index contributed by atoms with van der Waals surface area (Å²) in [5, 5.41) is -1.02. The van der Waals surface area contributed by atoms with Crippen molar-refractivity contribution in [2.45, 2.75) is 57.1 Å². The first-order valence-electron chi connectivity index (χ1n) is 17.9. The van der Waals surface area contributed by atoms with Crippen molar-refractivity contribution in [2.24, 2.45) is 5.89 Å². The molecular formula is C18H28ClN. The number of hydrogen-bond acceptors (Lipinski definition) is 1. The Balaban J connectivity index is 3.73. The van der Waals surface area contributed by atoms with Crippen LogP contribution >= 0.6 is 11.6 Å². The molecule has 0 aliphatic heterocycles. The lowest BCUT2D eigenvalue weighted by molar-refractivity contribution is 0.0785. The van der Waals surface area contributed by atoms with E-state index in [1.807, 2.05) is 0 Å². The fraction of sp³-hybridized carbons (Fsp3) is 0.667. The van der Waals surface area contributed by atoms with E-state index in [0.717, 1.165) is 0 Å². The van der Waals surface area contributed by atoms with Gasteiger partial charge in [0.1, 0.15) is 0 Å². The van der Waals surface area contributed by atoms with E-state index in [1.165, 1.54) is 0 Å². The maximum absolute atomic E-state index is 9.55. The summed E-state index contributed by atoms with van der Waals surface area (Å²) in [5.74, 6) is -4.53. The first-order chi connectivity index (χ1) is 19.3. The van der Waals surface area contributed by atoms with E-state index in [2.05, 4.69) is 0 Å². The average Bonchev–Trinajstić information content (AvgIpc) is 2.78. The molecule has 0 aromatic heterocycles. The van der Waals surface area contributed by atoms with Crippen LogP contribution in [0.25, 0.3) is 0 Å².